The Labute approximate surface area is 125 Å². The van der Waals surface area contributed by atoms with Crippen LogP contribution in [0.5, 0.6) is 0 Å². The third-order valence-corrected chi connectivity index (χ3v) is 4.77. The Morgan fingerprint density at radius 2 is 1.90 bits per heavy atom. The molecule has 3 rings (SSSR count). The van der Waals surface area contributed by atoms with Crippen LogP contribution in [0.25, 0.3) is 10.2 Å². The highest BCUT2D eigenvalue weighted by molar-refractivity contribution is 7.18. The fraction of sp³-hybridized carbons (Fsp3) is 0.385. The van der Waals surface area contributed by atoms with Gasteiger partial charge in [-0.2, -0.15) is 0 Å². The lowest BCUT2D eigenvalue weighted by Gasteiger charge is -2.13. The number of fused-ring (bicyclic) bond motifs is 1. The number of hydrazine groups is 1. The molecule has 2 aromatic rings. The second-order valence-electron chi connectivity index (χ2n) is 4.97. The lowest BCUT2D eigenvalue weighted by atomic mass is 10.2. The van der Waals surface area contributed by atoms with E-state index in [-0.39, 0.29) is 31.2 Å². The van der Waals surface area contributed by atoms with Crippen LogP contribution in [0, 0.1) is 13.8 Å². The predicted molar refractivity (Wildman–Crippen MR) is 79.5 cm³/mol. The fourth-order valence-corrected chi connectivity index (χ4v) is 3.46. The topological polar surface area (TPSA) is 101 Å². The molecular weight excluding hydrogens is 290 g/mol. The third-order valence-electron chi connectivity index (χ3n) is 3.67. The molecule has 0 radical (unpaired) electrons. The summed E-state index contributed by atoms with van der Waals surface area (Å²) in [5, 5.41) is 0.892. The molecule has 0 aliphatic carbocycles. The maximum atomic E-state index is 11.7. The van der Waals surface area contributed by atoms with Crippen LogP contribution in [0.2, 0.25) is 0 Å². The van der Waals surface area contributed by atoms with Crippen molar-refractivity contribution in [3.8, 4) is 0 Å². The number of nitrogens with two attached hydrogens (primary N) is 1. The minimum Gasteiger partial charge on any atom is -0.308 e. The molecule has 0 spiro atoms. The van der Waals surface area contributed by atoms with E-state index in [1.165, 1.54) is 4.90 Å². The number of aromatic nitrogens is 2. The van der Waals surface area contributed by atoms with Gasteiger partial charge in [0.05, 0.1) is 11.9 Å². The molecular formula is C13H15N5O2S. The zero-order valence-electron chi connectivity index (χ0n) is 11.8. The van der Waals surface area contributed by atoms with Crippen molar-refractivity contribution in [2.24, 2.45) is 5.84 Å². The summed E-state index contributed by atoms with van der Waals surface area (Å²) in [6.07, 6.45) is 0.528. The van der Waals surface area contributed by atoms with Crippen LogP contribution >= 0.6 is 11.3 Å². The molecule has 0 saturated carbocycles. The van der Waals surface area contributed by atoms with Crippen molar-refractivity contribution in [2.75, 3.05) is 5.43 Å². The molecule has 3 N–H and O–H groups in total. The molecule has 0 unspecified atom stereocenters. The molecule has 1 aliphatic heterocycles. The van der Waals surface area contributed by atoms with E-state index in [0.717, 1.165) is 20.7 Å². The van der Waals surface area contributed by atoms with Crippen LogP contribution in [0.1, 0.15) is 29.1 Å². The number of nitrogens with one attached hydrogen (secondary N) is 1. The van der Waals surface area contributed by atoms with E-state index in [9.17, 15) is 9.59 Å². The van der Waals surface area contributed by atoms with E-state index in [0.29, 0.717) is 11.6 Å². The van der Waals surface area contributed by atoms with Crippen LogP contribution in [0.15, 0.2) is 0 Å². The smallest absolute Gasteiger partial charge is 0.230 e. The first-order chi connectivity index (χ1) is 10.0. The molecule has 1 saturated heterocycles. The Balaban J connectivity index is 2.04. The normalized spacial score (nSPS) is 15.3. The predicted octanol–water partition coefficient (Wildman–Crippen LogP) is 1.24. The van der Waals surface area contributed by atoms with Crippen molar-refractivity contribution < 1.29 is 9.59 Å². The van der Waals surface area contributed by atoms with Gasteiger partial charge in [-0.15, -0.1) is 11.3 Å². The number of anilines is 1. The zero-order chi connectivity index (χ0) is 15.1. The summed E-state index contributed by atoms with van der Waals surface area (Å²) in [6.45, 7) is 4.10. The summed E-state index contributed by atoms with van der Waals surface area (Å²) in [5.41, 5.74) is 3.66. The average Bonchev–Trinajstić information content (AvgIpc) is 2.92. The maximum Gasteiger partial charge on any atom is 0.230 e. The monoisotopic (exact) mass is 305 g/mol. The van der Waals surface area contributed by atoms with E-state index in [4.69, 9.17) is 5.84 Å². The van der Waals surface area contributed by atoms with Crippen LogP contribution in [-0.4, -0.2) is 26.7 Å². The van der Waals surface area contributed by atoms with E-state index < -0.39 is 0 Å². The summed E-state index contributed by atoms with van der Waals surface area (Å²) in [5.74, 6) is 6.13. The molecule has 1 aliphatic rings. The molecule has 0 bridgehead atoms. The lowest BCUT2D eigenvalue weighted by molar-refractivity contribution is -0.139. The molecule has 2 aromatic heterocycles. The highest BCUT2D eigenvalue weighted by Crippen LogP contribution is 2.33. The van der Waals surface area contributed by atoms with Gasteiger partial charge >= 0.3 is 0 Å². The van der Waals surface area contributed by atoms with Gasteiger partial charge in [-0.1, -0.05) is 0 Å². The Morgan fingerprint density at radius 1 is 1.24 bits per heavy atom. The minimum atomic E-state index is -0.176. The number of thiophene rings is 1. The van der Waals surface area contributed by atoms with Gasteiger partial charge in [0.1, 0.15) is 4.83 Å². The van der Waals surface area contributed by atoms with Crippen molar-refractivity contribution in [1.82, 2.24) is 14.9 Å². The maximum absolute atomic E-state index is 11.7. The summed E-state index contributed by atoms with van der Waals surface area (Å²) >= 11 is 1.55. The summed E-state index contributed by atoms with van der Waals surface area (Å²) in [4.78, 5) is 35.3. The second kappa shape index (κ2) is 5.05. The number of rotatable bonds is 3. The number of likely N-dealkylation sites (tertiary alicyclic amines) is 1. The molecule has 7 nitrogen and oxygen atoms in total. The Morgan fingerprint density at radius 3 is 2.52 bits per heavy atom. The number of hydrogen-bond donors (Lipinski definition) is 2. The van der Waals surface area contributed by atoms with E-state index in [2.05, 4.69) is 15.4 Å². The van der Waals surface area contributed by atoms with Gasteiger partial charge < -0.3 is 5.43 Å². The molecule has 2 amide bonds. The van der Waals surface area contributed by atoms with Crippen molar-refractivity contribution in [3.63, 3.8) is 0 Å². The van der Waals surface area contributed by atoms with Gasteiger partial charge in [-0.05, 0) is 19.4 Å². The number of carbonyl (C=O) groups is 2. The summed E-state index contributed by atoms with van der Waals surface area (Å²) in [7, 11) is 0. The number of hydrogen-bond acceptors (Lipinski definition) is 7. The first-order valence-corrected chi connectivity index (χ1v) is 7.39. The molecule has 1 fully saturated rings. The quantitative estimate of drug-likeness (QED) is 0.502. The minimum absolute atomic E-state index is 0.0955. The molecule has 0 atom stereocenters. The zero-order valence-corrected chi connectivity index (χ0v) is 12.6. The lowest BCUT2D eigenvalue weighted by Crippen LogP contribution is -2.29. The van der Waals surface area contributed by atoms with Crippen molar-refractivity contribution in [2.45, 2.75) is 33.2 Å². The van der Waals surface area contributed by atoms with Gasteiger partial charge in [0.25, 0.3) is 0 Å². The Bertz CT molecular complexity index is 739. The third kappa shape index (κ3) is 2.26. The first kappa shape index (κ1) is 13.9. The Kier molecular flexibility index (Phi) is 3.34. The first-order valence-electron chi connectivity index (χ1n) is 6.57. The molecule has 0 aromatic carbocycles. The number of amides is 2. The van der Waals surface area contributed by atoms with Crippen LogP contribution in [-0.2, 0) is 16.1 Å². The van der Waals surface area contributed by atoms with Gasteiger partial charge in [0.2, 0.25) is 11.8 Å². The molecule has 8 heteroatoms. The van der Waals surface area contributed by atoms with Crippen molar-refractivity contribution >= 4 is 39.2 Å². The van der Waals surface area contributed by atoms with Gasteiger partial charge in [0.15, 0.2) is 11.6 Å². The number of aryl methyl sites for hydroxylation is 2. The van der Waals surface area contributed by atoms with Crippen molar-refractivity contribution in [3.05, 3.63) is 16.3 Å². The molecule has 110 valence electrons. The Hall–Kier alpha value is -2.06. The highest BCUT2D eigenvalue weighted by Gasteiger charge is 2.30. The van der Waals surface area contributed by atoms with Crippen LogP contribution in [0.3, 0.4) is 0 Å². The molecule has 3 heterocycles. The standard InChI is InChI=1S/C13H15N5O2S/c1-6-7(2)21-13-11(6)12(17-14)15-8(16-13)5-18-9(19)3-4-10(18)20/h3-5,14H2,1-2H3,(H,15,16,17). The largest absolute Gasteiger partial charge is 0.308 e. The summed E-state index contributed by atoms with van der Waals surface area (Å²) in [6, 6.07) is 0. The number of nitrogen functional groups attached to an aromatic ring is 1. The second-order valence-corrected chi connectivity index (χ2v) is 6.17. The van der Waals surface area contributed by atoms with Crippen molar-refractivity contribution in [1.29, 1.82) is 0 Å². The highest BCUT2D eigenvalue weighted by atomic mass is 32.1. The number of nitrogens with zero attached hydrogens (tertiary/aromatic N) is 3. The van der Waals surface area contributed by atoms with Crippen LogP contribution < -0.4 is 11.3 Å². The van der Waals surface area contributed by atoms with Gasteiger partial charge in [-0.25, -0.2) is 15.8 Å². The van der Waals surface area contributed by atoms with E-state index in [1.54, 1.807) is 11.3 Å². The number of imide groups is 1. The fourth-order valence-electron chi connectivity index (χ4n) is 2.41. The summed E-state index contributed by atoms with van der Waals surface area (Å²) < 4.78 is 0. The van der Waals surface area contributed by atoms with E-state index >= 15 is 0 Å². The average molecular weight is 305 g/mol. The number of carbonyl (C=O) groups excluding carboxylic acids is 2. The SMILES string of the molecule is Cc1sc2nc(CN3C(=O)CCC3=O)nc(NN)c2c1C. The van der Waals surface area contributed by atoms with Gasteiger partial charge in [0, 0.05) is 17.7 Å². The molecule has 21 heavy (non-hydrogen) atoms. The van der Waals surface area contributed by atoms with Gasteiger partial charge in [-0.3, -0.25) is 14.5 Å². The van der Waals surface area contributed by atoms with E-state index in [1.807, 2.05) is 13.8 Å². The van der Waals surface area contributed by atoms with Crippen LogP contribution in [0.4, 0.5) is 5.82 Å².